The van der Waals surface area contributed by atoms with Crippen molar-refractivity contribution < 1.29 is 9.90 Å². The van der Waals surface area contributed by atoms with E-state index in [2.05, 4.69) is 5.32 Å². The zero-order valence-corrected chi connectivity index (χ0v) is 6.84. The summed E-state index contributed by atoms with van der Waals surface area (Å²) in [5.41, 5.74) is 4.92. The number of carbonyl (C=O) groups is 1. The zero-order valence-electron chi connectivity index (χ0n) is 6.84. The van der Waals surface area contributed by atoms with Crippen molar-refractivity contribution in [2.75, 3.05) is 13.2 Å². The molecule has 1 unspecified atom stereocenters. The number of aliphatic hydroxyl groups is 1. The van der Waals surface area contributed by atoms with E-state index in [-0.39, 0.29) is 18.6 Å². The molecule has 1 amide bonds. The van der Waals surface area contributed by atoms with Gasteiger partial charge >= 0.3 is 0 Å². The molecule has 0 radical (unpaired) electrons. The first-order chi connectivity index (χ1) is 5.16. The average molecular weight is 160 g/mol. The summed E-state index contributed by atoms with van der Waals surface area (Å²) >= 11 is 0. The molecule has 0 heterocycles. The Hall–Kier alpha value is -0.610. The number of hydrogen-bond acceptors (Lipinski definition) is 3. The second-order valence-electron chi connectivity index (χ2n) is 2.58. The van der Waals surface area contributed by atoms with Crippen LogP contribution in [0.2, 0.25) is 0 Å². The van der Waals surface area contributed by atoms with Gasteiger partial charge in [0, 0.05) is 25.6 Å². The minimum Gasteiger partial charge on any atom is -0.396 e. The standard InChI is InChI=1S/C7H16N2O2/c1-6(3-5-10)9-4-2-7(8)11/h6,9-10H,2-5H2,1H3,(H2,8,11). The SMILES string of the molecule is CC(CCO)NCCC(N)=O. The molecule has 0 aromatic carbocycles. The molecule has 4 nitrogen and oxygen atoms in total. The van der Waals surface area contributed by atoms with E-state index in [0.29, 0.717) is 19.4 Å². The molecule has 66 valence electrons. The molecule has 0 aliphatic rings. The maximum atomic E-state index is 10.3. The third kappa shape index (κ3) is 7.29. The Morgan fingerprint density at radius 3 is 2.82 bits per heavy atom. The van der Waals surface area contributed by atoms with Crippen molar-refractivity contribution in [2.24, 2.45) is 5.73 Å². The van der Waals surface area contributed by atoms with E-state index < -0.39 is 0 Å². The van der Waals surface area contributed by atoms with Crippen LogP contribution in [-0.2, 0) is 4.79 Å². The van der Waals surface area contributed by atoms with Gasteiger partial charge in [-0.15, -0.1) is 0 Å². The number of hydrogen-bond donors (Lipinski definition) is 3. The Labute approximate surface area is 66.8 Å². The largest absolute Gasteiger partial charge is 0.396 e. The molecule has 0 spiro atoms. The first-order valence-corrected chi connectivity index (χ1v) is 3.79. The third-order valence-electron chi connectivity index (χ3n) is 1.43. The highest BCUT2D eigenvalue weighted by atomic mass is 16.3. The van der Waals surface area contributed by atoms with Gasteiger partial charge in [-0.25, -0.2) is 0 Å². The van der Waals surface area contributed by atoms with Crippen LogP contribution in [0.5, 0.6) is 0 Å². The fraction of sp³-hybridized carbons (Fsp3) is 0.857. The van der Waals surface area contributed by atoms with Gasteiger partial charge in [-0.05, 0) is 13.3 Å². The third-order valence-corrected chi connectivity index (χ3v) is 1.43. The zero-order chi connectivity index (χ0) is 8.69. The minimum absolute atomic E-state index is 0.171. The van der Waals surface area contributed by atoms with Crippen molar-refractivity contribution in [2.45, 2.75) is 25.8 Å². The van der Waals surface area contributed by atoms with Crippen LogP contribution in [0, 0.1) is 0 Å². The maximum Gasteiger partial charge on any atom is 0.218 e. The molecule has 0 saturated heterocycles. The highest BCUT2D eigenvalue weighted by Gasteiger charge is 1.99. The van der Waals surface area contributed by atoms with Gasteiger partial charge in [0.1, 0.15) is 0 Å². The van der Waals surface area contributed by atoms with Gasteiger partial charge in [-0.3, -0.25) is 4.79 Å². The summed E-state index contributed by atoms with van der Waals surface area (Å²) in [6, 6.07) is 0.249. The number of carbonyl (C=O) groups excluding carboxylic acids is 1. The second kappa shape index (κ2) is 6.12. The van der Waals surface area contributed by atoms with E-state index in [9.17, 15) is 4.79 Å². The number of amides is 1. The lowest BCUT2D eigenvalue weighted by atomic mass is 10.2. The minimum atomic E-state index is -0.298. The number of rotatable bonds is 6. The molecule has 0 rings (SSSR count). The summed E-state index contributed by atoms with van der Waals surface area (Å²) in [4.78, 5) is 10.3. The van der Waals surface area contributed by atoms with Gasteiger partial charge in [0.25, 0.3) is 0 Å². The van der Waals surface area contributed by atoms with E-state index >= 15 is 0 Å². The van der Waals surface area contributed by atoms with Crippen LogP contribution in [-0.4, -0.2) is 30.2 Å². The van der Waals surface area contributed by atoms with Crippen molar-refractivity contribution in [1.82, 2.24) is 5.32 Å². The van der Waals surface area contributed by atoms with Gasteiger partial charge < -0.3 is 16.2 Å². The lowest BCUT2D eigenvalue weighted by molar-refractivity contribution is -0.117. The molecular formula is C7H16N2O2. The molecule has 0 fully saturated rings. The quantitative estimate of drug-likeness (QED) is 0.477. The Balaban J connectivity index is 3.16. The summed E-state index contributed by atoms with van der Waals surface area (Å²) < 4.78 is 0. The Bertz CT molecular complexity index is 117. The first-order valence-electron chi connectivity index (χ1n) is 3.79. The summed E-state index contributed by atoms with van der Waals surface area (Å²) in [7, 11) is 0. The molecular weight excluding hydrogens is 144 g/mol. The van der Waals surface area contributed by atoms with Crippen LogP contribution in [0.3, 0.4) is 0 Å². The summed E-state index contributed by atoms with van der Waals surface area (Å²) in [5.74, 6) is -0.298. The van der Waals surface area contributed by atoms with Crippen LogP contribution in [0.15, 0.2) is 0 Å². The Morgan fingerprint density at radius 1 is 1.73 bits per heavy atom. The molecule has 0 aliphatic carbocycles. The molecule has 0 aromatic rings. The van der Waals surface area contributed by atoms with E-state index in [1.807, 2.05) is 6.92 Å². The Kier molecular flexibility index (Phi) is 5.78. The van der Waals surface area contributed by atoms with Crippen LogP contribution in [0.25, 0.3) is 0 Å². The normalized spacial score (nSPS) is 12.9. The molecule has 4 N–H and O–H groups in total. The smallest absolute Gasteiger partial charge is 0.218 e. The van der Waals surface area contributed by atoms with Crippen molar-refractivity contribution in [3.05, 3.63) is 0 Å². The van der Waals surface area contributed by atoms with Gasteiger partial charge in [0.2, 0.25) is 5.91 Å². The van der Waals surface area contributed by atoms with E-state index in [0.717, 1.165) is 0 Å². The van der Waals surface area contributed by atoms with E-state index in [4.69, 9.17) is 10.8 Å². The van der Waals surface area contributed by atoms with Crippen LogP contribution < -0.4 is 11.1 Å². The maximum absolute atomic E-state index is 10.3. The van der Waals surface area contributed by atoms with Crippen LogP contribution in [0.4, 0.5) is 0 Å². The molecule has 0 saturated carbocycles. The Morgan fingerprint density at radius 2 is 2.36 bits per heavy atom. The highest BCUT2D eigenvalue weighted by molar-refractivity contribution is 5.73. The molecule has 11 heavy (non-hydrogen) atoms. The predicted molar refractivity (Wildman–Crippen MR) is 43.0 cm³/mol. The number of primary amides is 1. The van der Waals surface area contributed by atoms with Gasteiger partial charge in [-0.2, -0.15) is 0 Å². The summed E-state index contributed by atoms with van der Waals surface area (Å²) in [6.07, 6.45) is 1.06. The van der Waals surface area contributed by atoms with Crippen molar-refractivity contribution in [3.8, 4) is 0 Å². The van der Waals surface area contributed by atoms with Gasteiger partial charge in [-0.1, -0.05) is 0 Å². The van der Waals surface area contributed by atoms with Crippen LogP contribution >= 0.6 is 0 Å². The highest BCUT2D eigenvalue weighted by Crippen LogP contribution is 1.87. The summed E-state index contributed by atoms with van der Waals surface area (Å²) in [6.45, 7) is 2.72. The van der Waals surface area contributed by atoms with Crippen molar-refractivity contribution in [1.29, 1.82) is 0 Å². The first kappa shape index (κ1) is 10.4. The fourth-order valence-corrected chi connectivity index (χ4v) is 0.737. The van der Waals surface area contributed by atoms with Crippen molar-refractivity contribution >= 4 is 5.91 Å². The molecule has 4 heteroatoms. The molecule has 0 aromatic heterocycles. The molecule has 0 aliphatic heterocycles. The molecule has 0 bridgehead atoms. The topological polar surface area (TPSA) is 75.3 Å². The second-order valence-corrected chi connectivity index (χ2v) is 2.58. The van der Waals surface area contributed by atoms with Crippen LogP contribution in [0.1, 0.15) is 19.8 Å². The van der Waals surface area contributed by atoms with E-state index in [1.54, 1.807) is 0 Å². The molecule has 1 atom stereocenters. The lowest BCUT2D eigenvalue weighted by Gasteiger charge is -2.10. The lowest BCUT2D eigenvalue weighted by Crippen LogP contribution is -2.30. The monoisotopic (exact) mass is 160 g/mol. The van der Waals surface area contributed by atoms with Gasteiger partial charge in [0.15, 0.2) is 0 Å². The van der Waals surface area contributed by atoms with Crippen molar-refractivity contribution in [3.63, 3.8) is 0 Å². The predicted octanol–water partition coefficient (Wildman–Crippen LogP) is -0.778. The van der Waals surface area contributed by atoms with Gasteiger partial charge in [0.05, 0.1) is 0 Å². The number of nitrogens with one attached hydrogen (secondary N) is 1. The van der Waals surface area contributed by atoms with E-state index in [1.165, 1.54) is 0 Å². The summed E-state index contributed by atoms with van der Waals surface area (Å²) in [5, 5.41) is 11.6. The fourth-order valence-electron chi connectivity index (χ4n) is 0.737. The number of aliphatic hydroxyl groups excluding tert-OH is 1. The average Bonchev–Trinajstić information content (AvgIpc) is 1.87. The number of nitrogens with two attached hydrogens (primary N) is 1.